The van der Waals surface area contributed by atoms with Crippen LogP contribution in [0.5, 0.6) is 0 Å². The number of aliphatic hydroxyl groups is 1. The number of aliphatic hydroxyl groups excluding tert-OH is 1. The van der Waals surface area contributed by atoms with Gasteiger partial charge in [-0.25, -0.2) is 17.5 Å². The van der Waals surface area contributed by atoms with Crippen molar-refractivity contribution >= 4 is 21.6 Å². The number of hydrogen-bond donors (Lipinski definition) is 2. The monoisotopic (exact) mass is 281 g/mol. The molecule has 4 nitrogen and oxygen atoms in total. The molecule has 0 unspecified atom stereocenters. The van der Waals surface area contributed by atoms with Crippen LogP contribution in [0.15, 0.2) is 23.1 Å². The van der Waals surface area contributed by atoms with E-state index < -0.39 is 26.8 Å². The number of halogens is 2. The Morgan fingerprint density at radius 1 is 1.53 bits per heavy atom. The second-order valence-electron chi connectivity index (χ2n) is 3.46. The van der Waals surface area contributed by atoms with Crippen molar-refractivity contribution in [3.05, 3.63) is 29.0 Å². The molecule has 17 heavy (non-hydrogen) atoms. The third-order valence-electron chi connectivity index (χ3n) is 2.24. The smallest absolute Gasteiger partial charge is 0.243 e. The second-order valence-corrected chi connectivity index (χ2v) is 5.55. The van der Waals surface area contributed by atoms with Crippen LogP contribution in [-0.2, 0) is 10.0 Å². The summed E-state index contributed by atoms with van der Waals surface area (Å²) in [5, 5.41) is 8.65. The van der Waals surface area contributed by atoms with Gasteiger partial charge in [0.25, 0.3) is 0 Å². The molecule has 0 bridgehead atoms. The maximum absolute atomic E-state index is 13.5. The maximum atomic E-state index is 13.5. The van der Waals surface area contributed by atoms with E-state index in [1.807, 2.05) is 0 Å². The zero-order valence-corrected chi connectivity index (χ0v) is 10.7. The average molecular weight is 282 g/mol. The third-order valence-corrected chi connectivity index (χ3v) is 4.07. The average Bonchev–Trinajstić information content (AvgIpc) is 2.29. The predicted octanol–water partition coefficient (Wildman–Crippen LogP) is 1.53. The van der Waals surface area contributed by atoms with E-state index in [-0.39, 0.29) is 11.6 Å². The number of hydrogen-bond acceptors (Lipinski definition) is 3. The Labute approximate surface area is 104 Å². The lowest BCUT2D eigenvalue weighted by atomic mass is 10.3. The first-order chi connectivity index (χ1) is 7.92. The number of rotatable bonds is 5. The molecular weight excluding hydrogens is 269 g/mol. The molecule has 0 aliphatic rings. The van der Waals surface area contributed by atoms with E-state index in [1.165, 1.54) is 12.1 Å². The summed E-state index contributed by atoms with van der Waals surface area (Å²) in [7, 11) is -4.01. The molecule has 0 saturated heterocycles. The Hall–Kier alpha value is -0.690. The molecule has 0 fully saturated rings. The molecular formula is C10H13ClFNO3S. The van der Waals surface area contributed by atoms with E-state index >= 15 is 0 Å². The van der Waals surface area contributed by atoms with Gasteiger partial charge in [0.2, 0.25) is 10.0 Å². The highest BCUT2D eigenvalue weighted by atomic mass is 35.5. The normalized spacial score (nSPS) is 13.6. The summed E-state index contributed by atoms with van der Waals surface area (Å²) in [6, 6.07) is 3.09. The van der Waals surface area contributed by atoms with Crippen LogP contribution in [0.1, 0.15) is 13.3 Å². The van der Waals surface area contributed by atoms with Gasteiger partial charge in [-0.15, -0.1) is 0 Å². The summed E-state index contributed by atoms with van der Waals surface area (Å²) in [4.78, 5) is -0.517. The van der Waals surface area contributed by atoms with Crippen LogP contribution in [0.4, 0.5) is 4.39 Å². The summed E-state index contributed by atoms with van der Waals surface area (Å²) < 4.78 is 39.4. The molecule has 1 rings (SSSR count). The number of sulfonamides is 1. The van der Waals surface area contributed by atoms with E-state index in [0.29, 0.717) is 6.42 Å². The summed E-state index contributed by atoms with van der Waals surface area (Å²) in [5.41, 5.74) is 0. The van der Waals surface area contributed by atoms with Gasteiger partial charge in [-0.1, -0.05) is 24.6 Å². The second kappa shape index (κ2) is 5.77. The van der Waals surface area contributed by atoms with Crippen molar-refractivity contribution in [1.29, 1.82) is 0 Å². The van der Waals surface area contributed by atoms with Crippen LogP contribution in [-0.4, -0.2) is 26.2 Å². The van der Waals surface area contributed by atoms with Gasteiger partial charge in [0.15, 0.2) is 5.82 Å². The van der Waals surface area contributed by atoms with Gasteiger partial charge >= 0.3 is 0 Å². The Balaban J connectivity index is 3.09. The van der Waals surface area contributed by atoms with Crippen LogP contribution in [0.3, 0.4) is 0 Å². The Morgan fingerprint density at radius 3 is 2.71 bits per heavy atom. The molecule has 7 heteroatoms. The predicted molar refractivity (Wildman–Crippen MR) is 62.9 cm³/mol. The summed E-state index contributed by atoms with van der Waals surface area (Å²) in [6.07, 6.45) is 0.401. The van der Waals surface area contributed by atoms with Gasteiger partial charge in [0, 0.05) is 6.04 Å². The van der Waals surface area contributed by atoms with Crippen molar-refractivity contribution in [2.75, 3.05) is 6.61 Å². The molecule has 0 aromatic heterocycles. The highest BCUT2D eigenvalue weighted by Crippen LogP contribution is 2.21. The quantitative estimate of drug-likeness (QED) is 0.860. The standard InChI is InChI=1S/C10H13ClFNO3S/c1-2-7(6-14)13-17(15,16)9-5-3-4-8(11)10(9)12/h3-5,7,13-14H,2,6H2,1H3/t7-/m0/s1. The lowest BCUT2D eigenvalue weighted by molar-refractivity contribution is 0.253. The Bertz CT molecular complexity index is 488. The fourth-order valence-electron chi connectivity index (χ4n) is 1.22. The van der Waals surface area contributed by atoms with Gasteiger partial charge < -0.3 is 5.11 Å². The molecule has 1 aromatic rings. The zero-order chi connectivity index (χ0) is 13.1. The van der Waals surface area contributed by atoms with Crippen molar-refractivity contribution in [2.24, 2.45) is 0 Å². The van der Waals surface area contributed by atoms with Crippen molar-refractivity contribution in [3.8, 4) is 0 Å². The van der Waals surface area contributed by atoms with E-state index in [4.69, 9.17) is 16.7 Å². The van der Waals surface area contributed by atoms with Crippen LogP contribution in [0.25, 0.3) is 0 Å². The lowest BCUT2D eigenvalue weighted by Crippen LogP contribution is -2.37. The van der Waals surface area contributed by atoms with Crippen LogP contribution in [0, 0.1) is 5.82 Å². The molecule has 2 N–H and O–H groups in total. The first kappa shape index (κ1) is 14.4. The van der Waals surface area contributed by atoms with Crippen molar-refractivity contribution < 1.29 is 17.9 Å². The summed E-state index contributed by atoms with van der Waals surface area (Å²) in [5.74, 6) is -0.991. The van der Waals surface area contributed by atoms with Crippen molar-refractivity contribution in [1.82, 2.24) is 4.72 Å². The minimum atomic E-state index is -4.01. The van der Waals surface area contributed by atoms with Crippen molar-refractivity contribution in [2.45, 2.75) is 24.3 Å². The molecule has 0 radical (unpaired) electrons. The molecule has 0 heterocycles. The lowest BCUT2D eigenvalue weighted by Gasteiger charge is -2.14. The Morgan fingerprint density at radius 2 is 2.18 bits per heavy atom. The van der Waals surface area contributed by atoms with E-state index in [9.17, 15) is 12.8 Å². The van der Waals surface area contributed by atoms with Crippen LogP contribution in [0.2, 0.25) is 5.02 Å². The number of nitrogens with one attached hydrogen (secondary N) is 1. The maximum Gasteiger partial charge on any atom is 0.243 e. The topological polar surface area (TPSA) is 66.4 Å². The molecule has 0 amide bonds. The van der Waals surface area contributed by atoms with E-state index in [2.05, 4.69) is 4.72 Å². The minimum Gasteiger partial charge on any atom is -0.395 e. The Kier molecular flexibility index (Phi) is 4.88. The van der Waals surface area contributed by atoms with Crippen LogP contribution < -0.4 is 4.72 Å². The van der Waals surface area contributed by atoms with Gasteiger partial charge in [0.1, 0.15) is 4.90 Å². The zero-order valence-electron chi connectivity index (χ0n) is 9.15. The number of benzene rings is 1. The van der Waals surface area contributed by atoms with Crippen LogP contribution >= 0.6 is 11.6 Å². The van der Waals surface area contributed by atoms with Crippen molar-refractivity contribution in [3.63, 3.8) is 0 Å². The fourth-order valence-corrected chi connectivity index (χ4v) is 2.87. The first-order valence-corrected chi connectivity index (χ1v) is 6.85. The molecule has 0 aliphatic carbocycles. The summed E-state index contributed by atoms with van der Waals surface area (Å²) >= 11 is 5.51. The SMILES string of the molecule is CC[C@@H](CO)NS(=O)(=O)c1cccc(Cl)c1F. The first-order valence-electron chi connectivity index (χ1n) is 4.99. The van der Waals surface area contributed by atoms with Gasteiger partial charge in [-0.2, -0.15) is 0 Å². The molecule has 96 valence electrons. The highest BCUT2D eigenvalue weighted by molar-refractivity contribution is 7.89. The molecule has 0 saturated carbocycles. The van der Waals surface area contributed by atoms with Gasteiger partial charge in [0.05, 0.1) is 11.6 Å². The molecule has 1 aromatic carbocycles. The molecule has 1 atom stereocenters. The largest absolute Gasteiger partial charge is 0.395 e. The highest BCUT2D eigenvalue weighted by Gasteiger charge is 2.23. The molecule has 0 spiro atoms. The van der Waals surface area contributed by atoms with E-state index in [0.717, 1.165) is 6.07 Å². The van der Waals surface area contributed by atoms with E-state index in [1.54, 1.807) is 6.92 Å². The molecule has 0 aliphatic heterocycles. The third kappa shape index (κ3) is 3.38. The fraction of sp³-hybridized carbons (Fsp3) is 0.400. The summed E-state index contributed by atoms with van der Waals surface area (Å²) in [6.45, 7) is 1.36. The van der Waals surface area contributed by atoms with Gasteiger partial charge in [-0.3, -0.25) is 0 Å². The minimum absolute atomic E-state index is 0.259. The van der Waals surface area contributed by atoms with Gasteiger partial charge in [-0.05, 0) is 18.6 Å².